The fraction of sp³-hybridized carbons (Fsp3) is 0.133. The van der Waals surface area contributed by atoms with Crippen LogP contribution in [0.3, 0.4) is 0 Å². The van der Waals surface area contributed by atoms with Crippen LogP contribution in [0.4, 0.5) is 4.39 Å². The molecular weight excluding hydrogens is 277 g/mol. The van der Waals surface area contributed by atoms with Gasteiger partial charge in [-0.15, -0.1) is 0 Å². The van der Waals surface area contributed by atoms with E-state index >= 15 is 0 Å². The fourth-order valence-electron chi connectivity index (χ4n) is 1.97. The lowest BCUT2D eigenvalue weighted by Crippen LogP contribution is -2.10. The molecule has 1 aliphatic rings. The second-order valence-corrected chi connectivity index (χ2v) is 4.44. The number of Topliss-reactive ketones (excluding diaryl/α,β-unsaturated/α-hetero) is 2. The quantitative estimate of drug-likeness (QED) is 0.491. The van der Waals surface area contributed by atoms with Crippen molar-refractivity contribution in [2.75, 3.05) is 6.79 Å². The molecule has 21 heavy (non-hydrogen) atoms. The number of fused-ring (bicyclic) bond motifs is 1. The minimum atomic E-state index is -0.753. The van der Waals surface area contributed by atoms with Gasteiger partial charge in [-0.2, -0.15) is 4.39 Å². The molecule has 3 rings (SSSR count). The smallest absolute Gasteiger partial charge is 0.231 e. The second-order valence-electron chi connectivity index (χ2n) is 4.44. The number of aromatic nitrogens is 1. The van der Waals surface area contributed by atoms with Gasteiger partial charge in [-0.25, -0.2) is 4.98 Å². The van der Waals surface area contributed by atoms with Gasteiger partial charge in [-0.3, -0.25) is 9.59 Å². The first-order valence-electron chi connectivity index (χ1n) is 6.22. The highest BCUT2D eigenvalue weighted by molar-refractivity contribution is 6.13. The summed E-state index contributed by atoms with van der Waals surface area (Å²) in [5.41, 5.74) is 0.271. The minimum Gasteiger partial charge on any atom is -0.454 e. The molecule has 0 aliphatic carbocycles. The highest BCUT2D eigenvalue weighted by Crippen LogP contribution is 2.32. The predicted octanol–water partition coefficient (Wildman–Crippen LogP) is 2.41. The van der Waals surface area contributed by atoms with Crippen molar-refractivity contribution in [3.8, 4) is 11.5 Å². The number of ketones is 2. The van der Waals surface area contributed by atoms with Crippen LogP contribution in [0.25, 0.3) is 0 Å². The average molecular weight is 287 g/mol. The molecule has 106 valence electrons. The predicted molar refractivity (Wildman–Crippen MR) is 70.0 cm³/mol. The number of hydrogen-bond donors (Lipinski definition) is 0. The van der Waals surface area contributed by atoms with Crippen molar-refractivity contribution in [2.24, 2.45) is 0 Å². The first-order valence-corrected chi connectivity index (χ1v) is 6.22. The summed E-state index contributed by atoms with van der Waals surface area (Å²) in [5, 5.41) is 0. The van der Waals surface area contributed by atoms with Crippen LogP contribution in [0.15, 0.2) is 36.4 Å². The Morgan fingerprint density at radius 2 is 1.90 bits per heavy atom. The first-order chi connectivity index (χ1) is 10.1. The number of hydrogen-bond acceptors (Lipinski definition) is 5. The van der Waals surface area contributed by atoms with Gasteiger partial charge in [0.2, 0.25) is 12.7 Å². The molecule has 1 aromatic carbocycles. The maximum atomic E-state index is 13.0. The van der Waals surface area contributed by atoms with Gasteiger partial charge in [-0.1, -0.05) is 6.07 Å². The Bertz CT molecular complexity index is 729. The summed E-state index contributed by atoms with van der Waals surface area (Å²) in [4.78, 5) is 27.4. The van der Waals surface area contributed by atoms with Gasteiger partial charge >= 0.3 is 0 Å². The van der Waals surface area contributed by atoms with E-state index < -0.39 is 11.7 Å². The molecule has 6 heteroatoms. The Kier molecular flexibility index (Phi) is 3.35. The van der Waals surface area contributed by atoms with Gasteiger partial charge in [0.15, 0.2) is 23.1 Å². The van der Waals surface area contributed by atoms with Gasteiger partial charge in [-0.05, 0) is 30.3 Å². The van der Waals surface area contributed by atoms with Crippen LogP contribution in [0.1, 0.15) is 27.3 Å². The Balaban J connectivity index is 1.76. The number of halogens is 1. The molecule has 0 saturated carbocycles. The normalized spacial score (nSPS) is 12.2. The van der Waals surface area contributed by atoms with Crippen molar-refractivity contribution in [1.82, 2.24) is 4.98 Å². The zero-order valence-electron chi connectivity index (χ0n) is 10.8. The van der Waals surface area contributed by atoms with Crippen LogP contribution in [0.2, 0.25) is 0 Å². The molecule has 0 spiro atoms. The van der Waals surface area contributed by atoms with Crippen molar-refractivity contribution in [1.29, 1.82) is 0 Å². The van der Waals surface area contributed by atoms with E-state index in [1.165, 1.54) is 18.2 Å². The van der Waals surface area contributed by atoms with Crippen molar-refractivity contribution in [3.05, 3.63) is 53.6 Å². The highest BCUT2D eigenvalue weighted by Gasteiger charge is 2.19. The molecule has 5 nitrogen and oxygen atoms in total. The summed E-state index contributed by atoms with van der Waals surface area (Å²) >= 11 is 0. The van der Waals surface area contributed by atoms with E-state index in [0.29, 0.717) is 17.1 Å². The largest absolute Gasteiger partial charge is 0.454 e. The number of benzene rings is 1. The number of nitrogens with zero attached hydrogens (tertiary/aromatic N) is 1. The molecule has 0 bridgehead atoms. The molecule has 0 amide bonds. The van der Waals surface area contributed by atoms with Gasteiger partial charge in [0.25, 0.3) is 0 Å². The maximum Gasteiger partial charge on any atom is 0.231 e. The molecule has 0 radical (unpaired) electrons. The molecule has 2 aromatic rings. The number of rotatable bonds is 4. The number of carbonyl (C=O) groups excluding carboxylic acids is 2. The molecule has 1 aliphatic heterocycles. The lowest BCUT2D eigenvalue weighted by molar-refractivity contribution is 0.0890. The van der Waals surface area contributed by atoms with Crippen LogP contribution in [0, 0.1) is 5.95 Å². The third kappa shape index (κ3) is 2.74. The molecule has 0 saturated heterocycles. The summed E-state index contributed by atoms with van der Waals surface area (Å²) in [6.07, 6.45) is -0.379. The number of carbonyl (C=O) groups is 2. The third-order valence-electron chi connectivity index (χ3n) is 3.02. The minimum absolute atomic E-state index is 0.0657. The average Bonchev–Trinajstić information content (AvgIpc) is 2.94. The van der Waals surface area contributed by atoms with E-state index in [4.69, 9.17) is 9.47 Å². The molecule has 0 atom stereocenters. The molecular formula is C15H10FNO4. The second kappa shape index (κ2) is 5.32. The number of pyridine rings is 1. The van der Waals surface area contributed by atoms with E-state index in [9.17, 15) is 14.0 Å². The monoisotopic (exact) mass is 287 g/mol. The lowest BCUT2D eigenvalue weighted by atomic mass is 10.0. The van der Waals surface area contributed by atoms with Crippen LogP contribution in [-0.4, -0.2) is 23.3 Å². The summed E-state index contributed by atoms with van der Waals surface area (Å²) in [7, 11) is 0. The van der Waals surface area contributed by atoms with Crippen LogP contribution < -0.4 is 9.47 Å². The Hall–Kier alpha value is -2.76. The first kappa shape index (κ1) is 13.2. The van der Waals surface area contributed by atoms with E-state index in [2.05, 4.69) is 4.98 Å². The molecule has 1 aromatic heterocycles. The summed E-state index contributed by atoms with van der Waals surface area (Å²) in [6, 6.07) is 8.58. The fourth-order valence-corrected chi connectivity index (χ4v) is 1.97. The van der Waals surface area contributed by atoms with Gasteiger partial charge in [0.1, 0.15) is 5.69 Å². The topological polar surface area (TPSA) is 65.5 Å². The van der Waals surface area contributed by atoms with Crippen molar-refractivity contribution in [2.45, 2.75) is 6.42 Å². The molecule has 0 fully saturated rings. The van der Waals surface area contributed by atoms with Gasteiger partial charge in [0.05, 0.1) is 6.42 Å². The molecule has 0 unspecified atom stereocenters. The zero-order valence-corrected chi connectivity index (χ0v) is 10.8. The molecule has 0 N–H and O–H groups in total. The van der Waals surface area contributed by atoms with Crippen LogP contribution in [0.5, 0.6) is 11.5 Å². The Morgan fingerprint density at radius 3 is 2.71 bits per heavy atom. The van der Waals surface area contributed by atoms with Crippen molar-refractivity contribution < 1.29 is 23.5 Å². The Labute approximate surface area is 119 Å². The summed E-state index contributed by atoms with van der Waals surface area (Å²) < 4.78 is 23.3. The van der Waals surface area contributed by atoms with E-state index in [1.807, 2.05) is 0 Å². The Morgan fingerprint density at radius 1 is 1.10 bits per heavy atom. The summed E-state index contributed by atoms with van der Waals surface area (Å²) in [6.45, 7) is 0.110. The van der Waals surface area contributed by atoms with Gasteiger partial charge in [0, 0.05) is 5.56 Å². The van der Waals surface area contributed by atoms with E-state index in [1.54, 1.807) is 12.1 Å². The molecule has 2 heterocycles. The van der Waals surface area contributed by atoms with Gasteiger partial charge < -0.3 is 9.47 Å². The highest BCUT2D eigenvalue weighted by atomic mass is 19.1. The summed E-state index contributed by atoms with van der Waals surface area (Å²) in [5.74, 6) is -0.639. The van der Waals surface area contributed by atoms with Crippen molar-refractivity contribution >= 4 is 11.6 Å². The van der Waals surface area contributed by atoms with E-state index in [0.717, 1.165) is 6.07 Å². The van der Waals surface area contributed by atoms with E-state index in [-0.39, 0.29) is 24.7 Å². The number of ether oxygens (including phenoxy) is 2. The van der Waals surface area contributed by atoms with Crippen LogP contribution >= 0.6 is 0 Å². The third-order valence-corrected chi connectivity index (χ3v) is 3.02. The van der Waals surface area contributed by atoms with Crippen LogP contribution in [-0.2, 0) is 0 Å². The maximum absolute atomic E-state index is 13.0. The standard InChI is InChI=1S/C15H10FNO4/c16-15-3-1-2-10(17-15)12(19)7-11(18)9-4-5-13-14(6-9)21-8-20-13/h1-6H,7-8H2. The zero-order chi connectivity index (χ0) is 14.8. The SMILES string of the molecule is O=C(CC(=O)c1cccc(F)n1)c1ccc2c(c1)OCO2. The van der Waals surface area contributed by atoms with Crippen molar-refractivity contribution in [3.63, 3.8) is 0 Å². The lowest BCUT2D eigenvalue weighted by Gasteiger charge is -2.02.